The van der Waals surface area contributed by atoms with E-state index in [9.17, 15) is 9.59 Å². The smallest absolute Gasteiger partial charge is 0.325 e. The van der Waals surface area contributed by atoms with Crippen molar-refractivity contribution >= 4 is 11.9 Å². The molecule has 2 aromatic carbocycles. The monoisotopic (exact) mass is 360 g/mol. The van der Waals surface area contributed by atoms with Crippen LogP contribution in [0.3, 0.4) is 0 Å². The maximum atomic E-state index is 13.1. The van der Waals surface area contributed by atoms with E-state index in [0.717, 1.165) is 16.8 Å². The molecule has 1 saturated heterocycles. The number of rotatable bonds is 6. The van der Waals surface area contributed by atoms with Crippen LogP contribution in [-0.4, -0.2) is 32.8 Å². The maximum absolute atomic E-state index is 13.1. The van der Waals surface area contributed by atoms with E-state index in [-0.39, 0.29) is 18.0 Å². The van der Waals surface area contributed by atoms with Gasteiger partial charge in [0.15, 0.2) is 0 Å². The molecule has 0 radical (unpaired) electrons. The summed E-state index contributed by atoms with van der Waals surface area (Å²) in [4.78, 5) is 34.1. The van der Waals surface area contributed by atoms with Crippen molar-refractivity contribution in [1.29, 1.82) is 0 Å². The second-order valence-electron chi connectivity index (χ2n) is 6.61. The second-order valence-corrected chi connectivity index (χ2v) is 6.61. The first-order valence-corrected chi connectivity index (χ1v) is 8.92. The molecule has 1 aliphatic rings. The van der Waals surface area contributed by atoms with Gasteiger partial charge in [-0.2, -0.15) is 0 Å². The summed E-state index contributed by atoms with van der Waals surface area (Å²) in [5, 5.41) is 2.82. The Morgan fingerprint density at radius 2 is 1.70 bits per heavy atom. The molecule has 2 heterocycles. The minimum absolute atomic E-state index is 0.209. The minimum atomic E-state index is -0.583. The molecule has 136 valence electrons. The average Bonchev–Trinajstić information content (AvgIpc) is 3.30. The normalized spacial score (nSPS) is 17.8. The van der Waals surface area contributed by atoms with Crippen molar-refractivity contribution in [3.8, 4) is 0 Å². The summed E-state index contributed by atoms with van der Waals surface area (Å²) in [6.07, 6.45) is 4.20. The fourth-order valence-electron chi connectivity index (χ4n) is 3.47. The zero-order chi connectivity index (χ0) is 18.6. The van der Waals surface area contributed by atoms with Crippen LogP contribution in [0.4, 0.5) is 4.79 Å². The van der Waals surface area contributed by atoms with Crippen molar-refractivity contribution < 1.29 is 9.59 Å². The highest BCUT2D eigenvalue weighted by Crippen LogP contribution is 2.29. The molecule has 0 bridgehead atoms. The van der Waals surface area contributed by atoms with E-state index in [0.29, 0.717) is 12.8 Å². The number of hydrogen-bond donors (Lipinski definition) is 2. The number of aromatic amines is 1. The maximum Gasteiger partial charge on any atom is 0.325 e. The van der Waals surface area contributed by atoms with Gasteiger partial charge in [-0.25, -0.2) is 9.78 Å². The highest BCUT2D eigenvalue weighted by Gasteiger charge is 2.42. The summed E-state index contributed by atoms with van der Waals surface area (Å²) in [7, 11) is 0. The molecule has 3 amide bonds. The van der Waals surface area contributed by atoms with Gasteiger partial charge in [0.2, 0.25) is 0 Å². The van der Waals surface area contributed by atoms with Crippen molar-refractivity contribution in [2.45, 2.75) is 24.9 Å². The molecule has 27 heavy (non-hydrogen) atoms. The number of urea groups is 1. The number of hydrogen-bond acceptors (Lipinski definition) is 3. The Kier molecular flexibility index (Phi) is 4.70. The number of carbonyl (C=O) groups is 2. The van der Waals surface area contributed by atoms with Crippen LogP contribution in [0.1, 0.15) is 22.9 Å². The standard InChI is InChI=1S/C21H20N4O2/c26-20-18(12-17-13-22-14-23-17)24-21(27)25(20)19(16-9-5-2-6-10-16)11-15-7-3-1-4-8-15/h1-10,13-14,18-19H,11-12H2,(H,22,23)(H,24,27)/t18-,19+/m1/s1. The fourth-order valence-corrected chi connectivity index (χ4v) is 3.47. The Morgan fingerprint density at radius 1 is 1.00 bits per heavy atom. The van der Waals surface area contributed by atoms with Crippen molar-refractivity contribution in [3.63, 3.8) is 0 Å². The fraction of sp³-hybridized carbons (Fsp3) is 0.190. The number of H-pyrrole nitrogens is 1. The van der Waals surface area contributed by atoms with Gasteiger partial charge in [-0.15, -0.1) is 0 Å². The van der Waals surface area contributed by atoms with Crippen LogP contribution in [-0.2, 0) is 17.6 Å². The summed E-state index contributed by atoms with van der Waals surface area (Å²) >= 11 is 0. The largest absolute Gasteiger partial charge is 0.348 e. The summed E-state index contributed by atoms with van der Waals surface area (Å²) in [6.45, 7) is 0. The molecule has 6 nitrogen and oxygen atoms in total. The van der Waals surface area contributed by atoms with Crippen molar-refractivity contribution in [3.05, 3.63) is 90.0 Å². The van der Waals surface area contributed by atoms with Crippen LogP contribution < -0.4 is 5.32 Å². The predicted octanol–water partition coefficient (Wildman–Crippen LogP) is 2.86. The lowest BCUT2D eigenvalue weighted by Crippen LogP contribution is -2.37. The number of amides is 3. The molecular weight excluding hydrogens is 340 g/mol. The van der Waals surface area contributed by atoms with Crippen molar-refractivity contribution in [1.82, 2.24) is 20.2 Å². The third-order valence-electron chi connectivity index (χ3n) is 4.80. The highest BCUT2D eigenvalue weighted by molar-refractivity contribution is 6.04. The van der Waals surface area contributed by atoms with Crippen LogP contribution >= 0.6 is 0 Å². The third kappa shape index (κ3) is 3.60. The van der Waals surface area contributed by atoms with Gasteiger partial charge in [0, 0.05) is 18.3 Å². The Balaban J connectivity index is 1.62. The van der Waals surface area contributed by atoms with Gasteiger partial charge in [0.05, 0.1) is 12.4 Å². The highest BCUT2D eigenvalue weighted by atomic mass is 16.2. The van der Waals surface area contributed by atoms with Crippen molar-refractivity contribution in [2.24, 2.45) is 0 Å². The topological polar surface area (TPSA) is 78.1 Å². The predicted molar refractivity (Wildman–Crippen MR) is 101 cm³/mol. The zero-order valence-electron chi connectivity index (χ0n) is 14.7. The molecule has 0 unspecified atom stereocenters. The van der Waals surface area contributed by atoms with E-state index in [1.165, 1.54) is 4.90 Å². The van der Waals surface area contributed by atoms with Gasteiger partial charge < -0.3 is 10.3 Å². The first-order valence-electron chi connectivity index (χ1n) is 8.92. The minimum Gasteiger partial charge on any atom is -0.348 e. The van der Waals surface area contributed by atoms with Crippen LogP contribution in [0.15, 0.2) is 73.2 Å². The number of nitrogens with one attached hydrogen (secondary N) is 2. The van der Waals surface area contributed by atoms with Gasteiger partial charge in [0.1, 0.15) is 6.04 Å². The van der Waals surface area contributed by atoms with Gasteiger partial charge >= 0.3 is 6.03 Å². The first kappa shape index (κ1) is 17.0. The molecule has 1 aromatic heterocycles. The molecular formula is C21H20N4O2. The lowest BCUT2D eigenvalue weighted by molar-refractivity contribution is -0.129. The number of carbonyl (C=O) groups excluding carboxylic acids is 2. The lowest BCUT2D eigenvalue weighted by Gasteiger charge is -2.26. The number of imide groups is 1. The Labute approximate surface area is 157 Å². The number of imidazole rings is 1. The molecule has 0 aliphatic carbocycles. The molecule has 1 aliphatic heterocycles. The Morgan fingerprint density at radius 3 is 2.37 bits per heavy atom. The number of aromatic nitrogens is 2. The van der Waals surface area contributed by atoms with Crippen LogP contribution in [0, 0.1) is 0 Å². The average molecular weight is 360 g/mol. The molecule has 4 rings (SSSR count). The zero-order valence-corrected chi connectivity index (χ0v) is 14.7. The van der Waals surface area contributed by atoms with Gasteiger partial charge in [-0.05, 0) is 17.5 Å². The quantitative estimate of drug-likeness (QED) is 0.664. The van der Waals surface area contributed by atoms with E-state index in [4.69, 9.17) is 0 Å². The molecule has 0 spiro atoms. The van der Waals surface area contributed by atoms with Crippen LogP contribution in [0.5, 0.6) is 0 Å². The summed E-state index contributed by atoms with van der Waals surface area (Å²) in [5.74, 6) is -0.209. The molecule has 3 aromatic rings. The second kappa shape index (κ2) is 7.45. The first-order chi connectivity index (χ1) is 13.2. The number of nitrogens with zero attached hydrogens (tertiary/aromatic N) is 2. The lowest BCUT2D eigenvalue weighted by atomic mass is 9.97. The van der Waals surface area contributed by atoms with E-state index < -0.39 is 6.04 Å². The van der Waals surface area contributed by atoms with E-state index in [2.05, 4.69) is 15.3 Å². The van der Waals surface area contributed by atoms with E-state index in [1.54, 1.807) is 12.5 Å². The van der Waals surface area contributed by atoms with Gasteiger partial charge in [0.25, 0.3) is 5.91 Å². The van der Waals surface area contributed by atoms with Gasteiger partial charge in [-0.1, -0.05) is 60.7 Å². The SMILES string of the molecule is O=C1N[C@H](Cc2cnc[nH]2)C(=O)N1[C@@H](Cc1ccccc1)c1ccccc1. The van der Waals surface area contributed by atoms with Crippen LogP contribution in [0.2, 0.25) is 0 Å². The third-order valence-corrected chi connectivity index (χ3v) is 4.80. The Bertz CT molecular complexity index is 910. The van der Waals surface area contributed by atoms with Crippen molar-refractivity contribution in [2.75, 3.05) is 0 Å². The van der Waals surface area contributed by atoms with Crippen LogP contribution in [0.25, 0.3) is 0 Å². The number of benzene rings is 2. The molecule has 0 saturated carbocycles. The molecule has 1 fully saturated rings. The molecule has 2 N–H and O–H groups in total. The molecule has 6 heteroatoms. The van der Waals surface area contributed by atoms with Gasteiger partial charge in [-0.3, -0.25) is 9.69 Å². The Hall–Kier alpha value is -3.41. The van der Waals surface area contributed by atoms with E-state index >= 15 is 0 Å². The molecule has 2 atom stereocenters. The summed E-state index contributed by atoms with van der Waals surface area (Å²) in [6, 6.07) is 18.3. The summed E-state index contributed by atoms with van der Waals surface area (Å²) in [5.41, 5.74) is 2.82. The summed E-state index contributed by atoms with van der Waals surface area (Å²) < 4.78 is 0. The van der Waals surface area contributed by atoms with E-state index in [1.807, 2.05) is 60.7 Å².